The first-order valence-corrected chi connectivity index (χ1v) is 8.04. The van der Waals surface area contributed by atoms with Crippen LogP contribution in [-0.4, -0.2) is 16.0 Å². The van der Waals surface area contributed by atoms with Gasteiger partial charge in [-0.25, -0.2) is 0 Å². The van der Waals surface area contributed by atoms with E-state index in [0.717, 1.165) is 24.2 Å². The summed E-state index contributed by atoms with van der Waals surface area (Å²) in [4.78, 5) is 12.7. The van der Waals surface area contributed by atoms with Gasteiger partial charge in [-0.1, -0.05) is 27.7 Å². The number of benzene rings is 1. The first kappa shape index (κ1) is 14.4. The predicted molar refractivity (Wildman–Crippen MR) is 87.9 cm³/mol. The highest BCUT2D eigenvalue weighted by Crippen LogP contribution is 2.54. The van der Waals surface area contributed by atoms with Gasteiger partial charge in [-0.05, 0) is 23.8 Å². The van der Waals surface area contributed by atoms with Crippen LogP contribution in [0.25, 0.3) is 16.5 Å². The normalized spacial score (nSPS) is 19.1. The second-order valence-corrected chi connectivity index (χ2v) is 7.56. The van der Waals surface area contributed by atoms with Gasteiger partial charge in [0.05, 0.1) is 0 Å². The van der Waals surface area contributed by atoms with E-state index in [1.54, 1.807) is 6.07 Å². The monoisotopic (exact) mass is 312 g/mol. The van der Waals surface area contributed by atoms with Crippen LogP contribution in [0.3, 0.4) is 0 Å². The van der Waals surface area contributed by atoms with Gasteiger partial charge in [0.25, 0.3) is 0 Å². The van der Waals surface area contributed by atoms with Gasteiger partial charge in [0.15, 0.2) is 17.1 Å². The third-order valence-corrected chi connectivity index (χ3v) is 5.26. The van der Waals surface area contributed by atoms with Crippen LogP contribution in [0.4, 0.5) is 0 Å². The second-order valence-electron chi connectivity index (χ2n) is 7.56. The van der Waals surface area contributed by atoms with E-state index in [0.29, 0.717) is 27.7 Å². The summed E-state index contributed by atoms with van der Waals surface area (Å²) in [6.45, 7) is 7.96. The number of aromatic hydroxyl groups is 1. The molecule has 2 N–H and O–H groups in total. The maximum atomic E-state index is 12.7. The number of allylic oxidation sites excluding steroid dienone is 2. The number of phenols is 1. The van der Waals surface area contributed by atoms with Crippen LogP contribution in [0.2, 0.25) is 0 Å². The van der Waals surface area contributed by atoms with Gasteiger partial charge in [-0.3, -0.25) is 4.79 Å². The van der Waals surface area contributed by atoms with Crippen LogP contribution in [0.1, 0.15) is 67.3 Å². The average Bonchev–Trinajstić information content (AvgIpc) is 2.85. The molecule has 0 atom stereocenters. The van der Waals surface area contributed by atoms with Crippen LogP contribution < -0.4 is 0 Å². The summed E-state index contributed by atoms with van der Waals surface area (Å²) in [7, 11) is 0. The van der Waals surface area contributed by atoms with Crippen LogP contribution in [0.5, 0.6) is 5.75 Å². The summed E-state index contributed by atoms with van der Waals surface area (Å²) in [5, 5.41) is 21.8. The van der Waals surface area contributed by atoms with Crippen molar-refractivity contribution in [1.82, 2.24) is 0 Å². The number of aliphatic hydroxyl groups excluding tert-OH is 1. The summed E-state index contributed by atoms with van der Waals surface area (Å²) in [5.41, 5.74) is 2.66. The molecule has 1 heterocycles. The lowest BCUT2D eigenvalue weighted by Crippen LogP contribution is -2.26. The third kappa shape index (κ3) is 1.64. The second kappa shape index (κ2) is 4.19. The average molecular weight is 312 g/mol. The Hall–Kier alpha value is -2.23. The van der Waals surface area contributed by atoms with Crippen molar-refractivity contribution in [3.05, 3.63) is 34.3 Å². The molecule has 2 aliphatic carbocycles. The van der Waals surface area contributed by atoms with E-state index in [9.17, 15) is 15.0 Å². The molecular weight excluding hydrogens is 292 g/mol. The molecule has 4 nitrogen and oxygen atoms in total. The Balaban J connectivity index is 2.20. The highest BCUT2D eigenvalue weighted by molar-refractivity contribution is 6.25. The number of Topliss-reactive ketones (excluding diaryl/α,β-unsaturated/α-hetero) is 1. The molecule has 1 aromatic carbocycles. The van der Waals surface area contributed by atoms with Gasteiger partial charge >= 0.3 is 0 Å². The number of hydrogen-bond donors (Lipinski definition) is 2. The lowest BCUT2D eigenvalue weighted by atomic mass is 9.68. The first-order chi connectivity index (χ1) is 10.7. The molecule has 0 saturated heterocycles. The molecular formula is C19H20O4. The Kier molecular flexibility index (Phi) is 2.62. The van der Waals surface area contributed by atoms with Gasteiger partial charge in [-0.15, -0.1) is 0 Å². The molecule has 0 amide bonds. The molecule has 0 spiro atoms. The summed E-state index contributed by atoms with van der Waals surface area (Å²) in [6.07, 6.45) is 1.53. The van der Waals surface area contributed by atoms with Crippen LogP contribution in [0.15, 0.2) is 16.2 Å². The molecule has 23 heavy (non-hydrogen) atoms. The predicted octanol–water partition coefficient (Wildman–Crippen LogP) is 4.70. The van der Waals surface area contributed by atoms with Crippen molar-refractivity contribution in [2.24, 2.45) is 5.41 Å². The minimum atomic E-state index is -0.373. The van der Waals surface area contributed by atoms with Crippen molar-refractivity contribution in [2.45, 2.75) is 46.5 Å². The van der Waals surface area contributed by atoms with Crippen molar-refractivity contribution in [1.29, 1.82) is 0 Å². The van der Waals surface area contributed by atoms with E-state index in [2.05, 4.69) is 0 Å². The Morgan fingerprint density at radius 3 is 2.61 bits per heavy atom. The topological polar surface area (TPSA) is 70.7 Å². The highest BCUT2D eigenvalue weighted by Gasteiger charge is 2.43. The van der Waals surface area contributed by atoms with Gasteiger partial charge in [0.2, 0.25) is 5.78 Å². The maximum Gasteiger partial charge on any atom is 0.228 e. The van der Waals surface area contributed by atoms with E-state index < -0.39 is 0 Å². The maximum absolute atomic E-state index is 12.7. The molecule has 0 saturated carbocycles. The Labute approximate surface area is 134 Å². The molecule has 4 rings (SSSR count). The smallest absolute Gasteiger partial charge is 0.228 e. The number of carbonyl (C=O) groups excluding carboxylic acids is 1. The van der Waals surface area contributed by atoms with Crippen molar-refractivity contribution >= 4 is 22.3 Å². The number of carbonyl (C=O) groups is 1. The molecule has 0 bridgehead atoms. The number of furan rings is 1. The summed E-state index contributed by atoms with van der Waals surface area (Å²) >= 11 is 0. The lowest BCUT2D eigenvalue weighted by Gasteiger charge is -2.34. The fraction of sp³-hybridized carbons (Fsp3) is 0.421. The first-order valence-electron chi connectivity index (χ1n) is 8.04. The molecule has 120 valence electrons. The Morgan fingerprint density at radius 2 is 1.96 bits per heavy atom. The number of hydrogen-bond acceptors (Lipinski definition) is 4. The van der Waals surface area contributed by atoms with Crippen LogP contribution in [0, 0.1) is 5.41 Å². The minimum Gasteiger partial charge on any atom is -0.504 e. The van der Waals surface area contributed by atoms with E-state index in [1.165, 1.54) is 0 Å². The van der Waals surface area contributed by atoms with Crippen LogP contribution in [-0.2, 0) is 6.42 Å². The van der Waals surface area contributed by atoms with E-state index in [1.807, 2.05) is 27.7 Å². The zero-order chi connectivity index (χ0) is 16.7. The summed E-state index contributed by atoms with van der Waals surface area (Å²) < 4.78 is 5.95. The van der Waals surface area contributed by atoms with Crippen molar-refractivity contribution in [2.75, 3.05) is 0 Å². The summed E-state index contributed by atoms with van der Waals surface area (Å²) in [5.74, 6) is 0.369. The van der Waals surface area contributed by atoms with Crippen LogP contribution >= 0.6 is 0 Å². The fourth-order valence-electron chi connectivity index (χ4n) is 3.96. The third-order valence-electron chi connectivity index (χ3n) is 5.26. The van der Waals surface area contributed by atoms with E-state index in [-0.39, 0.29) is 28.6 Å². The molecule has 1 aromatic heterocycles. The minimum absolute atomic E-state index is 0.0505. The lowest BCUT2D eigenvalue weighted by molar-refractivity contribution is 0.0976. The van der Waals surface area contributed by atoms with Gasteiger partial charge < -0.3 is 14.6 Å². The molecule has 2 aliphatic rings. The molecule has 0 radical (unpaired) electrons. The van der Waals surface area contributed by atoms with Gasteiger partial charge in [-0.2, -0.15) is 0 Å². The van der Waals surface area contributed by atoms with Crippen molar-refractivity contribution < 1.29 is 19.4 Å². The van der Waals surface area contributed by atoms with Crippen molar-refractivity contribution in [3.8, 4) is 5.75 Å². The largest absolute Gasteiger partial charge is 0.504 e. The molecule has 0 aliphatic heterocycles. The number of aryl methyl sites for hydroxylation is 1. The quantitative estimate of drug-likeness (QED) is 0.800. The Morgan fingerprint density at radius 1 is 1.26 bits per heavy atom. The summed E-state index contributed by atoms with van der Waals surface area (Å²) in [6, 6.07) is 1.70. The van der Waals surface area contributed by atoms with Gasteiger partial charge in [0.1, 0.15) is 5.76 Å². The Bertz CT molecular complexity index is 909. The molecule has 0 unspecified atom stereocenters. The standard InChI is InChI=1S/C19H20O4/c1-8(2)9-7-10-12-13-11(23-18(12)16(9)21)5-6-19(3,4)14(13)17(22)15(10)20/h7-8,21-22H,5-6H2,1-4H3. The van der Waals surface area contributed by atoms with E-state index in [4.69, 9.17) is 4.42 Å². The SMILES string of the molecule is CC(C)c1cc2c3c4c(oc3c1O)CCC(C)(C)C4=C(O)C2=O. The molecule has 4 heteroatoms. The fourth-order valence-corrected chi connectivity index (χ4v) is 3.96. The molecule has 0 fully saturated rings. The van der Waals surface area contributed by atoms with E-state index >= 15 is 0 Å². The zero-order valence-corrected chi connectivity index (χ0v) is 13.8. The number of aliphatic hydroxyl groups is 1. The number of rotatable bonds is 1. The highest BCUT2D eigenvalue weighted by atomic mass is 16.4. The van der Waals surface area contributed by atoms with Gasteiger partial charge in [0, 0.05) is 34.1 Å². The zero-order valence-electron chi connectivity index (χ0n) is 13.8. The number of phenolic OH excluding ortho intramolecular Hbond substituents is 1. The molecule has 2 aromatic rings. The number of ketones is 1. The van der Waals surface area contributed by atoms with Crippen molar-refractivity contribution in [3.63, 3.8) is 0 Å².